The van der Waals surface area contributed by atoms with E-state index in [1.165, 1.54) is 51.4 Å². The minimum absolute atomic E-state index is 0.0839. The van der Waals surface area contributed by atoms with Crippen LogP contribution in [0.2, 0.25) is 0 Å². The highest BCUT2D eigenvalue weighted by molar-refractivity contribution is 5.72. The summed E-state index contributed by atoms with van der Waals surface area (Å²) >= 11 is 0. The number of unbranched alkanes of at least 4 members (excludes halogenated alkanes) is 15. The van der Waals surface area contributed by atoms with Gasteiger partial charge in [-0.2, -0.15) is 0 Å². The van der Waals surface area contributed by atoms with Crippen molar-refractivity contribution in [1.82, 2.24) is 0 Å². The number of ether oxygens (including phenoxy) is 3. The Balaban J connectivity index is 4.42. The van der Waals surface area contributed by atoms with Gasteiger partial charge >= 0.3 is 17.9 Å². The van der Waals surface area contributed by atoms with E-state index in [1.807, 2.05) is 6.08 Å². The molecule has 77 heavy (non-hydrogen) atoms. The number of esters is 3. The van der Waals surface area contributed by atoms with Crippen molar-refractivity contribution in [3.05, 3.63) is 170 Å². The van der Waals surface area contributed by atoms with Gasteiger partial charge in [-0.05, 0) is 135 Å². The summed E-state index contributed by atoms with van der Waals surface area (Å²) in [5.41, 5.74) is 0. The minimum atomic E-state index is -0.851. The van der Waals surface area contributed by atoms with Gasteiger partial charge in [0.05, 0.1) is 6.42 Å². The molecule has 1 unspecified atom stereocenters. The third kappa shape index (κ3) is 61.5. The summed E-state index contributed by atoms with van der Waals surface area (Å²) in [4.78, 5) is 38.1. The van der Waals surface area contributed by atoms with Crippen LogP contribution in [0.15, 0.2) is 170 Å². The second-order valence-electron chi connectivity index (χ2n) is 19.5. The van der Waals surface area contributed by atoms with E-state index in [1.54, 1.807) is 6.08 Å². The second-order valence-corrected chi connectivity index (χ2v) is 19.5. The zero-order valence-electron chi connectivity index (χ0n) is 49.1. The van der Waals surface area contributed by atoms with Crippen LogP contribution in [0.25, 0.3) is 0 Å². The van der Waals surface area contributed by atoms with Crippen LogP contribution in [-0.4, -0.2) is 37.2 Å². The quantitative estimate of drug-likeness (QED) is 0.0261. The first-order valence-electron chi connectivity index (χ1n) is 30.6. The maximum Gasteiger partial charge on any atom is 0.310 e. The SMILES string of the molecule is CC/C=C\C/C=C\C/C=C\C/C=C\C/C=C\C/C=C\C/C=C\C/C=C\CCCCCCCCC(=O)OCC(COC(=O)CCCCCCC/C=C\CCCCCC)OC(=O)C/C=C\C/C=C\C/C=C\C/C=C\C/C=C\CC. The van der Waals surface area contributed by atoms with Crippen LogP contribution in [0, 0.1) is 0 Å². The largest absolute Gasteiger partial charge is 0.462 e. The number of carbonyl (C=O) groups is 3. The van der Waals surface area contributed by atoms with Gasteiger partial charge in [0.25, 0.3) is 0 Å². The summed E-state index contributed by atoms with van der Waals surface area (Å²) < 4.78 is 16.7. The van der Waals surface area contributed by atoms with Crippen LogP contribution in [0.3, 0.4) is 0 Å². The van der Waals surface area contributed by atoms with Gasteiger partial charge in [-0.3, -0.25) is 14.4 Å². The lowest BCUT2D eigenvalue weighted by Crippen LogP contribution is -2.30. The van der Waals surface area contributed by atoms with Crippen molar-refractivity contribution in [2.45, 2.75) is 245 Å². The van der Waals surface area contributed by atoms with Crippen molar-refractivity contribution in [2.75, 3.05) is 13.2 Å². The van der Waals surface area contributed by atoms with E-state index in [0.717, 1.165) is 141 Å². The zero-order valence-corrected chi connectivity index (χ0v) is 49.1. The van der Waals surface area contributed by atoms with Crippen LogP contribution in [0.4, 0.5) is 0 Å². The molecule has 0 aromatic rings. The summed E-state index contributed by atoms with van der Waals surface area (Å²) in [6.07, 6.45) is 93.8. The fourth-order valence-electron chi connectivity index (χ4n) is 7.70. The van der Waals surface area contributed by atoms with Crippen molar-refractivity contribution in [2.24, 2.45) is 0 Å². The topological polar surface area (TPSA) is 78.9 Å². The molecule has 0 aromatic heterocycles. The molecule has 0 aliphatic carbocycles. The summed E-state index contributed by atoms with van der Waals surface area (Å²) in [7, 11) is 0. The molecule has 430 valence electrons. The lowest BCUT2D eigenvalue weighted by Gasteiger charge is -2.18. The average molecular weight is 1060 g/mol. The molecule has 0 aliphatic heterocycles. The van der Waals surface area contributed by atoms with E-state index in [-0.39, 0.29) is 31.6 Å². The van der Waals surface area contributed by atoms with Crippen molar-refractivity contribution < 1.29 is 28.6 Å². The molecule has 0 bridgehead atoms. The molecule has 6 nitrogen and oxygen atoms in total. The molecule has 0 saturated heterocycles. The molecule has 0 radical (unpaired) electrons. The predicted molar refractivity (Wildman–Crippen MR) is 334 cm³/mol. The summed E-state index contributed by atoms with van der Waals surface area (Å²) in [5, 5.41) is 0. The fourth-order valence-corrected chi connectivity index (χ4v) is 7.70. The van der Waals surface area contributed by atoms with Gasteiger partial charge in [0, 0.05) is 12.8 Å². The molecule has 0 amide bonds. The molecule has 0 saturated carbocycles. The van der Waals surface area contributed by atoms with E-state index in [0.29, 0.717) is 19.3 Å². The first-order chi connectivity index (χ1) is 38.0. The Hall–Kier alpha value is -5.23. The van der Waals surface area contributed by atoms with Crippen LogP contribution < -0.4 is 0 Å². The highest BCUT2D eigenvalue weighted by atomic mass is 16.6. The minimum Gasteiger partial charge on any atom is -0.462 e. The lowest BCUT2D eigenvalue weighted by molar-refractivity contribution is -0.166. The molecule has 0 rings (SSSR count). The number of hydrogen-bond donors (Lipinski definition) is 0. The lowest BCUT2D eigenvalue weighted by atomic mass is 10.1. The first-order valence-corrected chi connectivity index (χ1v) is 30.6. The summed E-state index contributed by atoms with van der Waals surface area (Å²) in [5.74, 6) is -1.10. The maximum atomic E-state index is 12.8. The highest BCUT2D eigenvalue weighted by Gasteiger charge is 2.19. The molecule has 0 aliphatic rings. The van der Waals surface area contributed by atoms with Crippen molar-refractivity contribution >= 4 is 17.9 Å². The Morgan fingerprint density at radius 2 is 0.545 bits per heavy atom. The summed E-state index contributed by atoms with van der Waals surface area (Å²) in [6, 6.07) is 0. The number of allylic oxidation sites excluding steroid dienone is 27. The zero-order chi connectivity index (χ0) is 55.7. The Kier molecular flexibility index (Phi) is 59.0. The van der Waals surface area contributed by atoms with Gasteiger partial charge in [-0.15, -0.1) is 0 Å². The van der Waals surface area contributed by atoms with Crippen LogP contribution in [-0.2, 0) is 28.6 Å². The van der Waals surface area contributed by atoms with E-state index in [4.69, 9.17) is 14.2 Å². The van der Waals surface area contributed by atoms with E-state index in [2.05, 4.69) is 179 Å². The normalized spacial score (nSPS) is 13.3. The summed E-state index contributed by atoms with van der Waals surface area (Å²) in [6.45, 7) is 6.27. The van der Waals surface area contributed by atoms with Gasteiger partial charge < -0.3 is 14.2 Å². The molecule has 0 N–H and O–H groups in total. The first kappa shape index (κ1) is 71.8. The Labute approximate surface area is 472 Å². The van der Waals surface area contributed by atoms with E-state index in [9.17, 15) is 14.4 Å². The number of carbonyl (C=O) groups excluding carboxylic acids is 3. The second kappa shape index (κ2) is 63.3. The van der Waals surface area contributed by atoms with Gasteiger partial charge in [0.1, 0.15) is 13.2 Å². The number of hydrogen-bond acceptors (Lipinski definition) is 6. The van der Waals surface area contributed by atoms with Crippen LogP contribution >= 0.6 is 0 Å². The average Bonchev–Trinajstić information content (AvgIpc) is 3.43. The van der Waals surface area contributed by atoms with Gasteiger partial charge in [0.2, 0.25) is 0 Å². The van der Waals surface area contributed by atoms with Crippen molar-refractivity contribution in [3.63, 3.8) is 0 Å². The maximum absolute atomic E-state index is 12.8. The Morgan fingerprint density at radius 1 is 0.286 bits per heavy atom. The van der Waals surface area contributed by atoms with E-state index >= 15 is 0 Å². The fraction of sp³-hybridized carbons (Fsp3) is 0.563. The van der Waals surface area contributed by atoms with Gasteiger partial charge in [-0.1, -0.05) is 255 Å². The third-order valence-corrected chi connectivity index (χ3v) is 12.2. The van der Waals surface area contributed by atoms with Crippen molar-refractivity contribution in [3.8, 4) is 0 Å². The van der Waals surface area contributed by atoms with Crippen LogP contribution in [0.1, 0.15) is 239 Å². The molecule has 6 heteroatoms. The smallest absolute Gasteiger partial charge is 0.310 e. The number of rotatable bonds is 53. The standard InChI is InChI=1S/C71H110O6/c1-4-7-10-13-16-19-22-25-27-28-29-30-31-32-33-34-35-36-37-38-39-40-41-42-44-46-49-52-55-58-61-64-70(73)76-67-68(66-75-69(72)63-60-57-54-51-48-45-24-21-18-15-12-9-6-3)77-71(74)65-62-59-56-53-50-47-43-26-23-20-17-14-11-8-5-2/h7-8,10-11,16-17,19-21,24-27,29-30,32-33,35-36,38-39,41-43,50,53,59,62,68H,4-6,9,12-15,18,22-23,28,31,34,37,40,44-49,51-52,54-58,60-61,63-67H2,1-3H3/b10-7-,11-8-,19-16-,20-17-,24-21-,27-25-,30-29-,33-32-,36-35-,39-38-,42-41-,43-26-,53-50-,62-59-. The molecule has 0 fully saturated rings. The molecule has 1 atom stereocenters. The Morgan fingerprint density at radius 3 is 0.870 bits per heavy atom. The van der Waals surface area contributed by atoms with Gasteiger partial charge in [-0.25, -0.2) is 0 Å². The van der Waals surface area contributed by atoms with E-state index < -0.39 is 12.1 Å². The monoisotopic (exact) mass is 1060 g/mol. The molecule has 0 aromatic carbocycles. The third-order valence-electron chi connectivity index (χ3n) is 12.2. The highest BCUT2D eigenvalue weighted by Crippen LogP contribution is 2.13. The molecule has 0 heterocycles. The predicted octanol–water partition coefficient (Wildman–Crippen LogP) is 21.1. The van der Waals surface area contributed by atoms with Crippen molar-refractivity contribution in [1.29, 1.82) is 0 Å². The van der Waals surface area contributed by atoms with Gasteiger partial charge in [0.15, 0.2) is 6.10 Å². The molecule has 0 spiro atoms. The van der Waals surface area contributed by atoms with Crippen LogP contribution in [0.5, 0.6) is 0 Å². The Bertz CT molecular complexity index is 1790. The molecular formula is C71H110O6. The molecular weight excluding hydrogens is 949 g/mol.